The third-order valence-corrected chi connectivity index (χ3v) is 2.57. The maximum Gasteiger partial charge on any atom is 0.224 e. The van der Waals surface area contributed by atoms with Gasteiger partial charge in [0, 0.05) is 23.6 Å². The lowest BCUT2D eigenvalue weighted by Crippen LogP contribution is -2.18. The van der Waals surface area contributed by atoms with Crippen molar-refractivity contribution in [2.75, 3.05) is 5.32 Å². The number of furan rings is 1. The molecule has 1 aliphatic rings. The quantitative estimate of drug-likeness (QED) is 0.687. The van der Waals surface area contributed by atoms with Gasteiger partial charge >= 0.3 is 0 Å². The van der Waals surface area contributed by atoms with Gasteiger partial charge in [-0.2, -0.15) is 0 Å². The first-order valence-corrected chi connectivity index (χ1v) is 4.63. The molecule has 2 aromatic rings. The molecule has 14 heavy (non-hydrogen) atoms. The van der Waals surface area contributed by atoms with Gasteiger partial charge in [-0.15, -0.1) is 0 Å². The molecular formula is C11H9NO2. The lowest BCUT2D eigenvalue weighted by Gasteiger charge is -2.16. The highest BCUT2D eigenvalue weighted by Gasteiger charge is 2.15. The largest absolute Gasteiger partial charge is 0.464 e. The summed E-state index contributed by atoms with van der Waals surface area (Å²) in [6.07, 6.45) is 3.07. The average molecular weight is 187 g/mol. The fourth-order valence-electron chi connectivity index (χ4n) is 1.84. The van der Waals surface area contributed by atoms with Gasteiger partial charge in [-0.3, -0.25) is 4.79 Å². The minimum atomic E-state index is 0.0865. The Kier molecular flexibility index (Phi) is 1.42. The van der Waals surface area contributed by atoms with Gasteiger partial charge < -0.3 is 9.73 Å². The molecule has 1 N–H and O–H groups in total. The van der Waals surface area contributed by atoms with Crippen molar-refractivity contribution in [3.63, 3.8) is 0 Å². The van der Waals surface area contributed by atoms with Crippen LogP contribution in [0.5, 0.6) is 0 Å². The number of hydrogen-bond acceptors (Lipinski definition) is 2. The van der Waals surface area contributed by atoms with E-state index in [1.54, 1.807) is 6.26 Å². The van der Waals surface area contributed by atoms with Gasteiger partial charge in [0.25, 0.3) is 0 Å². The summed E-state index contributed by atoms with van der Waals surface area (Å²) < 4.78 is 5.27. The Morgan fingerprint density at radius 2 is 2.21 bits per heavy atom. The van der Waals surface area contributed by atoms with Gasteiger partial charge in [-0.05, 0) is 24.1 Å². The molecule has 1 aromatic heterocycles. The van der Waals surface area contributed by atoms with E-state index in [1.165, 1.54) is 5.56 Å². The van der Waals surface area contributed by atoms with E-state index in [0.29, 0.717) is 6.42 Å². The molecule has 0 radical (unpaired) electrons. The number of aryl methyl sites for hydroxylation is 1. The van der Waals surface area contributed by atoms with Crippen LogP contribution in [0.1, 0.15) is 12.0 Å². The van der Waals surface area contributed by atoms with Crippen LogP contribution >= 0.6 is 0 Å². The highest BCUT2D eigenvalue weighted by atomic mass is 16.3. The summed E-state index contributed by atoms with van der Waals surface area (Å²) in [5.74, 6) is 0.0865. The number of benzene rings is 1. The zero-order valence-electron chi connectivity index (χ0n) is 7.54. The molecule has 0 spiro atoms. The third kappa shape index (κ3) is 1.02. The van der Waals surface area contributed by atoms with Gasteiger partial charge in [0.2, 0.25) is 5.91 Å². The number of hydrogen-bond donors (Lipinski definition) is 1. The first-order valence-electron chi connectivity index (χ1n) is 4.63. The van der Waals surface area contributed by atoms with Crippen molar-refractivity contribution in [1.82, 2.24) is 0 Å². The number of fused-ring (bicyclic) bond motifs is 2. The minimum Gasteiger partial charge on any atom is -0.464 e. The molecule has 3 nitrogen and oxygen atoms in total. The summed E-state index contributed by atoms with van der Waals surface area (Å²) in [5.41, 5.74) is 2.91. The second kappa shape index (κ2) is 2.61. The zero-order chi connectivity index (χ0) is 9.54. The molecule has 0 unspecified atom stereocenters. The number of anilines is 1. The number of rotatable bonds is 0. The smallest absolute Gasteiger partial charge is 0.224 e. The van der Waals surface area contributed by atoms with E-state index in [9.17, 15) is 4.79 Å². The summed E-state index contributed by atoms with van der Waals surface area (Å²) in [7, 11) is 0. The van der Waals surface area contributed by atoms with E-state index < -0.39 is 0 Å². The Bertz CT molecular complexity index is 513. The molecule has 0 aliphatic carbocycles. The number of carbonyl (C=O) groups is 1. The van der Waals surface area contributed by atoms with Crippen molar-refractivity contribution in [3.05, 3.63) is 30.0 Å². The van der Waals surface area contributed by atoms with Crippen LogP contribution in [-0.4, -0.2) is 5.91 Å². The van der Waals surface area contributed by atoms with E-state index in [2.05, 4.69) is 11.4 Å². The van der Waals surface area contributed by atoms with Gasteiger partial charge in [-0.25, -0.2) is 0 Å². The number of amides is 1. The second-order valence-corrected chi connectivity index (χ2v) is 3.52. The van der Waals surface area contributed by atoms with Crippen LogP contribution in [-0.2, 0) is 11.2 Å². The van der Waals surface area contributed by atoms with Gasteiger partial charge in [0.05, 0.1) is 6.26 Å². The fraction of sp³-hybridized carbons (Fsp3) is 0.182. The average Bonchev–Trinajstić information content (AvgIpc) is 2.61. The van der Waals surface area contributed by atoms with Crippen LogP contribution in [0.2, 0.25) is 0 Å². The second-order valence-electron chi connectivity index (χ2n) is 3.52. The summed E-state index contributed by atoms with van der Waals surface area (Å²) in [6, 6.07) is 5.90. The Labute approximate surface area is 80.7 Å². The SMILES string of the molecule is O=C1CCc2cc3ccoc3cc2N1. The van der Waals surface area contributed by atoms with Gasteiger partial charge in [0.15, 0.2) is 0 Å². The molecule has 0 bridgehead atoms. The maximum absolute atomic E-state index is 11.2. The van der Waals surface area contributed by atoms with Crippen molar-refractivity contribution < 1.29 is 9.21 Å². The van der Waals surface area contributed by atoms with Gasteiger partial charge in [0.1, 0.15) is 5.58 Å². The van der Waals surface area contributed by atoms with Crippen molar-refractivity contribution in [3.8, 4) is 0 Å². The van der Waals surface area contributed by atoms with Crippen molar-refractivity contribution in [2.45, 2.75) is 12.8 Å². The summed E-state index contributed by atoms with van der Waals surface area (Å²) in [5, 5.41) is 3.94. The van der Waals surface area contributed by atoms with Crippen molar-refractivity contribution in [1.29, 1.82) is 0 Å². The molecule has 0 atom stereocenters. The van der Waals surface area contributed by atoms with Crippen molar-refractivity contribution in [2.24, 2.45) is 0 Å². The van der Waals surface area contributed by atoms with E-state index in [0.717, 1.165) is 23.1 Å². The molecule has 3 heteroatoms. The van der Waals surface area contributed by atoms with Crippen LogP contribution in [0.15, 0.2) is 28.9 Å². The molecule has 1 amide bonds. The predicted octanol–water partition coefficient (Wildman–Crippen LogP) is 2.32. The first-order chi connectivity index (χ1) is 6.83. The van der Waals surface area contributed by atoms with Crippen LogP contribution < -0.4 is 5.32 Å². The van der Waals surface area contributed by atoms with Crippen LogP contribution in [0.4, 0.5) is 5.69 Å². The molecular weight excluding hydrogens is 178 g/mol. The molecule has 1 aromatic carbocycles. The number of carbonyl (C=O) groups excluding carboxylic acids is 1. The molecule has 0 fully saturated rings. The summed E-state index contributed by atoms with van der Waals surface area (Å²) >= 11 is 0. The normalized spacial score (nSPS) is 15.3. The molecule has 0 saturated heterocycles. The predicted molar refractivity (Wildman–Crippen MR) is 53.2 cm³/mol. The van der Waals surface area contributed by atoms with E-state index >= 15 is 0 Å². The van der Waals surface area contributed by atoms with Crippen LogP contribution in [0.3, 0.4) is 0 Å². The maximum atomic E-state index is 11.2. The summed E-state index contributed by atoms with van der Waals surface area (Å²) in [6.45, 7) is 0. The van der Waals surface area contributed by atoms with E-state index in [1.807, 2.05) is 12.1 Å². The van der Waals surface area contributed by atoms with E-state index in [4.69, 9.17) is 4.42 Å². The monoisotopic (exact) mass is 187 g/mol. The summed E-state index contributed by atoms with van der Waals surface area (Å²) in [4.78, 5) is 11.2. The topological polar surface area (TPSA) is 42.2 Å². The van der Waals surface area contributed by atoms with Crippen LogP contribution in [0.25, 0.3) is 11.0 Å². The lowest BCUT2D eigenvalue weighted by atomic mass is 10.0. The molecule has 1 aliphatic heterocycles. The first kappa shape index (κ1) is 7.62. The van der Waals surface area contributed by atoms with Crippen molar-refractivity contribution >= 4 is 22.6 Å². The zero-order valence-corrected chi connectivity index (χ0v) is 7.54. The Morgan fingerprint density at radius 3 is 3.14 bits per heavy atom. The number of nitrogens with one attached hydrogen (secondary N) is 1. The van der Waals surface area contributed by atoms with Crippen LogP contribution in [0, 0.1) is 0 Å². The Hall–Kier alpha value is -1.77. The highest BCUT2D eigenvalue weighted by Crippen LogP contribution is 2.28. The molecule has 3 rings (SSSR count). The minimum absolute atomic E-state index is 0.0865. The molecule has 0 saturated carbocycles. The van der Waals surface area contributed by atoms with E-state index in [-0.39, 0.29) is 5.91 Å². The van der Waals surface area contributed by atoms with Gasteiger partial charge in [-0.1, -0.05) is 0 Å². The molecule has 2 heterocycles. The molecule has 70 valence electrons. The lowest BCUT2D eigenvalue weighted by molar-refractivity contribution is -0.116. The standard InChI is InChI=1S/C11H9NO2/c13-11-2-1-7-5-8-3-4-14-10(8)6-9(7)12-11/h3-6H,1-2H2,(H,12,13). The Balaban J connectivity index is 2.24. The fourth-order valence-corrected chi connectivity index (χ4v) is 1.84. The highest BCUT2D eigenvalue weighted by molar-refractivity contribution is 5.96. The Morgan fingerprint density at radius 1 is 1.29 bits per heavy atom. The third-order valence-electron chi connectivity index (χ3n) is 2.57.